The summed E-state index contributed by atoms with van der Waals surface area (Å²) < 4.78 is 0. The molecule has 0 aliphatic heterocycles. The lowest BCUT2D eigenvalue weighted by molar-refractivity contribution is -0.121. The van der Waals surface area contributed by atoms with Crippen molar-refractivity contribution in [3.8, 4) is 0 Å². The molecule has 0 fully saturated rings. The van der Waals surface area contributed by atoms with Gasteiger partial charge >= 0.3 is 5.97 Å². The molecule has 20 heavy (non-hydrogen) atoms. The predicted octanol–water partition coefficient (Wildman–Crippen LogP) is 1.54. The van der Waals surface area contributed by atoms with Gasteiger partial charge in [-0.2, -0.15) is 0 Å². The number of hydrogen-bond donors (Lipinski definition) is 4. The van der Waals surface area contributed by atoms with Crippen molar-refractivity contribution in [2.75, 3.05) is 17.6 Å². The van der Waals surface area contributed by atoms with Crippen molar-refractivity contribution >= 4 is 23.3 Å². The zero-order valence-electron chi connectivity index (χ0n) is 11.9. The van der Waals surface area contributed by atoms with Crippen LogP contribution in [0, 0.1) is 5.92 Å². The molecule has 0 aliphatic carbocycles. The van der Waals surface area contributed by atoms with Crippen molar-refractivity contribution in [2.24, 2.45) is 5.92 Å². The number of benzene rings is 1. The minimum atomic E-state index is -1.09. The second kappa shape index (κ2) is 6.79. The van der Waals surface area contributed by atoms with Gasteiger partial charge in [-0.1, -0.05) is 13.8 Å². The maximum Gasteiger partial charge on any atom is 0.337 e. The Hall–Kier alpha value is -2.24. The van der Waals surface area contributed by atoms with E-state index in [0.29, 0.717) is 23.8 Å². The quantitative estimate of drug-likeness (QED) is 0.591. The average molecular weight is 279 g/mol. The lowest BCUT2D eigenvalue weighted by Gasteiger charge is -2.17. The van der Waals surface area contributed by atoms with E-state index in [2.05, 4.69) is 10.6 Å². The first-order chi connectivity index (χ1) is 9.31. The first kappa shape index (κ1) is 15.8. The van der Waals surface area contributed by atoms with E-state index in [-0.39, 0.29) is 11.5 Å². The topological polar surface area (TPSA) is 104 Å². The highest BCUT2D eigenvalue weighted by Crippen LogP contribution is 2.19. The third-order valence-electron chi connectivity index (χ3n) is 2.72. The van der Waals surface area contributed by atoms with Crippen LogP contribution >= 0.6 is 0 Å². The summed E-state index contributed by atoms with van der Waals surface area (Å²) in [6.45, 7) is 6.26. The first-order valence-electron chi connectivity index (χ1n) is 6.48. The third kappa shape index (κ3) is 4.46. The zero-order valence-corrected chi connectivity index (χ0v) is 11.9. The van der Waals surface area contributed by atoms with E-state index in [4.69, 9.17) is 10.8 Å². The average Bonchev–Trinajstić information content (AvgIpc) is 2.37. The molecular weight excluding hydrogens is 258 g/mol. The normalized spacial score (nSPS) is 12.0. The van der Waals surface area contributed by atoms with Crippen LogP contribution in [0.25, 0.3) is 0 Å². The van der Waals surface area contributed by atoms with E-state index in [1.54, 1.807) is 19.1 Å². The molecule has 0 saturated carbocycles. The summed E-state index contributed by atoms with van der Waals surface area (Å²) in [4.78, 5) is 23.0. The first-order valence-corrected chi connectivity index (χ1v) is 6.48. The maximum atomic E-state index is 11.9. The lowest BCUT2D eigenvalue weighted by atomic mass is 10.1. The van der Waals surface area contributed by atoms with Crippen molar-refractivity contribution < 1.29 is 14.7 Å². The number of nitrogens with one attached hydrogen (secondary N) is 2. The second-order valence-corrected chi connectivity index (χ2v) is 5.12. The number of carboxylic acids is 1. The number of carboxylic acid groups (broad SMARTS) is 1. The molecule has 0 radical (unpaired) electrons. The Morgan fingerprint density at radius 2 is 1.95 bits per heavy atom. The van der Waals surface area contributed by atoms with Crippen LogP contribution < -0.4 is 16.4 Å². The molecule has 1 aromatic rings. The predicted molar refractivity (Wildman–Crippen MR) is 78.7 cm³/mol. The van der Waals surface area contributed by atoms with Gasteiger partial charge < -0.3 is 21.5 Å². The van der Waals surface area contributed by atoms with Crippen molar-refractivity contribution in [3.63, 3.8) is 0 Å². The van der Waals surface area contributed by atoms with E-state index in [9.17, 15) is 9.59 Å². The van der Waals surface area contributed by atoms with Gasteiger partial charge in [0.15, 0.2) is 0 Å². The van der Waals surface area contributed by atoms with Crippen LogP contribution in [0.4, 0.5) is 11.4 Å². The van der Waals surface area contributed by atoms with Gasteiger partial charge in [0, 0.05) is 17.9 Å². The molecule has 0 bridgehead atoms. The van der Waals surface area contributed by atoms with Crippen LogP contribution in [0.1, 0.15) is 31.1 Å². The molecule has 1 amide bonds. The molecule has 5 N–H and O–H groups in total. The summed E-state index contributed by atoms with van der Waals surface area (Å²) in [7, 11) is 0. The van der Waals surface area contributed by atoms with Gasteiger partial charge in [0.1, 0.15) is 6.04 Å². The van der Waals surface area contributed by atoms with Gasteiger partial charge in [-0.15, -0.1) is 0 Å². The molecule has 1 rings (SSSR count). The van der Waals surface area contributed by atoms with E-state index in [1.807, 2.05) is 13.8 Å². The van der Waals surface area contributed by atoms with Gasteiger partial charge in [0.2, 0.25) is 5.91 Å². The highest BCUT2D eigenvalue weighted by atomic mass is 16.4. The van der Waals surface area contributed by atoms with E-state index < -0.39 is 12.0 Å². The second-order valence-electron chi connectivity index (χ2n) is 5.12. The number of amides is 1. The summed E-state index contributed by atoms with van der Waals surface area (Å²) in [5.74, 6) is -0.904. The summed E-state index contributed by atoms with van der Waals surface area (Å²) in [6, 6.07) is 3.98. The molecule has 0 heterocycles. The Bertz CT molecular complexity index is 500. The molecule has 1 unspecified atom stereocenters. The summed E-state index contributed by atoms with van der Waals surface area (Å²) in [5.41, 5.74) is 6.36. The fourth-order valence-corrected chi connectivity index (χ4v) is 1.62. The molecule has 1 aromatic carbocycles. The lowest BCUT2D eigenvalue weighted by Crippen LogP contribution is -2.39. The standard InChI is InChI=1S/C14H21N3O3/c1-8(2)7-16-13(18)9(3)17-12-5-4-10(15)6-11(12)14(19)20/h4-6,8-9,17H,7,15H2,1-3H3,(H,16,18)(H,19,20). The minimum Gasteiger partial charge on any atom is -0.478 e. The van der Waals surface area contributed by atoms with E-state index >= 15 is 0 Å². The van der Waals surface area contributed by atoms with Gasteiger partial charge in [-0.05, 0) is 31.0 Å². The Balaban J connectivity index is 2.77. The number of nitrogen functional groups attached to an aromatic ring is 1. The number of carbonyl (C=O) groups excluding carboxylic acids is 1. The highest BCUT2D eigenvalue weighted by molar-refractivity contribution is 5.96. The number of nitrogens with two attached hydrogens (primary N) is 1. The van der Waals surface area contributed by atoms with Crippen LogP contribution in [0.15, 0.2) is 18.2 Å². The fourth-order valence-electron chi connectivity index (χ4n) is 1.62. The van der Waals surface area contributed by atoms with Gasteiger partial charge in [-0.3, -0.25) is 4.79 Å². The fraction of sp³-hybridized carbons (Fsp3) is 0.429. The summed E-state index contributed by atoms with van der Waals surface area (Å²) in [5, 5.41) is 14.8. The van der Waals surface area contributed by atoms with Crippen molar-refractivity contribution in [1.82, 2.24) is 5.32 Å². The Labute approximate surface area is 118 Å². The Morgan fingerprint density at radius 3 is 2.50 bits per heavy atom. The molecule has 0 aliphatic rings. The van der Waals surface area contributed by atoms with E-state index in [1.165, 1.54) is 6.07 Å². The number of rotatable bonds is 6. The molecule has 0 aromatic heterocycles. The molecule has 6 nitrogen and oxygen atoms in total. The van der Waals surface area contributed by atoms with Crippen molar-refractivity contribution in [1.29, 1.82) is 0 Å². The number of aromatic carboxylic acids is 1. The zero-order chi connectivity index (χ0) is 15.3. The summed E-state index contributed by atoms with van der Waals surface area (Å²) in [6.07, 6.45) is 0. The molecule has 1 atom stereocenters. The third-order valence-corrected chi connectivity index (χ3v) is 2.72. The van der Waals surface area contributed by atoms with Crippen LogP contribution in [0.3, 0.4) is 0 Å². The monoisotopic (exact) mass is 279 g/mol. The molecule has 0 spiro atoms. The number of anilines is 2. The largest absolute Gasteiger partial charge is 0.478 e. The molecular formula is C14H21N3O3. The van der Waals surface area contributed by atoms with Gasteiger partial charge in [0.05, 0.1) is 5.56 Å². The highest BCUT2D eigenvalue weighted by Gasteiger charge is 2.16. The molecule has 110 valence electrons. The van der Waals surface area contributed by atoms with Crippen molar-refractivity contribution in [2.45, 2.75) is 26.8 Å². The Kier molecular flexibility index (Phi) is 5.37. The SMILES string of the molecule is CC(C)CNC(=O)C(C)Nc1ccc(N)cc1C(=O)O. The number of hydrogen-bond acceptors (Lipinski definition) is 4. The van der Waals surface area contributed by atoms with Crippen LogP contribution in [-0.4, -0.2) is 29.6 Å². The van der Waals surface area contributed by atoms with Gasteiger partial charge in [-0.25, -0.2) is 4.79 Å². The molecule has 0 saturated heterocycles. The Morgan fingerprint density at radius 1 is 1.30 bits per heavy atom. The van der Waals surface area contributed by atoms with Crippen LogP contribution in [0.2, 0.25) is 0 Å². The minimum absolute atomic E-state index is 0.0495. The van der Waals surface area contributed by atoms with Crippen molar-refractivity contribution in [3.05, 3.63) is 23.8 Å². The maximum absolute atomic E-state index is 11.9. The van der Waals surface area contributed by atoms with Gasteiger partial charge in [0.25, 0.3) is 0 Å². The van der Waals surface area contributed by atoms with Crippen LogP contribution in [0.5, 0.6) is 0 Å². The molecule has 6 heteroatoms. The number of carbonyl (C=O) groups is 2. The van der Waals surface area contributed by atoms with Crippen LogP contribution in [-0.2, 0) is 4.79 Å². The van der Waals surface area contributed by atoms with E-state index in [0.717, 1.165) is 0 Å². The smallest absolute Gasteiger partial charge is 0.337 e. The summed E-state index contributed by atoms with van der Waals surface area (Å²) >= 11 is 0.